The Morgan fingerprint density at radius 1 is 1.16 bits per heavy atom. The van der Waals surface area contributed by atoms with Crippen molar-refractivity contribution < 1.29 is 13.9 Å². The van der Waals surface area contributed by atoms with Crippen molar-refractivity contribution in [2.24, 2.45) is 0 Å². The Hall–Kier alpha value is -2.96. The summed E-state index contributed by atoms with van der Waals surface area (Å²) in [6, 6.07) is 9.47. The van der Waals surface area contributed by atoms with Gasteiger partial charge in [0.2, 0.25) is 5.91 Å². The Labute approximate surface area is 189 Å². The number of likely N-dealkylation sites (N-methyl/N-ethyl adjacent to an activating group) is 1. The van der Waals surface area contributed by atoms with Crippen LogP contribution in [0, 0.1) is 6.92 Å². The summed E-state index contributed by atoms with van der Waals surface area (Å²) in [5.41, 5.74) is 5.21. The highest BCUT2D eigenvalue weighted by atomic mass is 19.1. The summed E-state index contributed by atoms with van der Waals surface area (Å²) < 4.78 is 19.6. The summed E-state index contributed by atoms with van der Waals surface area (Å²) in [6.07, 6.45) is 3.31. The molecule has 172 valence electrons. The molecule has 3 rings (SSSR count). The number of ether oxygens (including phenoxy) is 1. The molecule has 1 aromatic carbocycles. The summed E-state index contributed by atoms with van der Waals surface area (Å²) >= 11 is 0. The number of alkyl halides is 1. The summed E-state index contributed by atoms with van der Waals surface area (Å²) in [4.78, 5) is 19.8. The first-order chi connectivity index (χ1) is 15.5. The zero-order valence-electron chi connectivity index (χ0n) is 19.5. The van der Waals surface area contributed by atoms with Crippen LogP contribution in [0.3, 0.4) is 0 Å². The maximum atomic E-state index is 13.0. The summed E-state index contributed by atoms with van der Waals surface area (Å²) in [5, 5.41) is 4.84. The highest BCUT2D eigenvalue weighted by molar-refractivity contribution is 5.84. The van der Waals surface area contributed by atoms with Gasteiger partial charge in [-0.25, -0.2) is 13.9 Å². The number of unbranched alkanes of at least 4 members (excludes halogenated alkanes) is 1. The van der Waals surface area contributed by atoms with Gasteiger partial charge in [0, 0.05) is 35.6 Å². The number of carbonyl (C=O) groups is 1. The van der Waals surface area contributed by atoms with E-state index in [1.807, 2.05) is 42.3 Å². The van der Waals surface area contributed by atoms with E-state index in [1.165, 1.54) is 0 Å². The molecule has 0 bridgehead atoms. The number of benzene rings is 1. The monoisotopic (exact) mass is 440 g/mol. The average Bonchev–Trinajstić information content (AvgIpc) is 3.16. The Kier molecular flexibility index (Phi) is 8.20. The van der Waals surface area contributed by atoms with Crippen LogP contribution in [0.1, 0.15) is 50.6 Å². The quantitative estimate of drug-likeness (QED) is 0.429. The van der Waals surface area contributed by atoms with Gasteiger partial charge in [-0.3, -0.25) is 4.79 Å². The van der Waals surface area contributed by atoms with Crippen LogP contribution in [0.2, 0.25) is 0 Å². The first kappa shape index (κ1) is 23.7. The van der Waals surface area contributed by atoms with Crippen molar-refractivity contribution in [3.8, 4) is 17.0 Å². The van der Waals surface area contributed by atoms with Crippen molar-refractivity contribution in [2.45, 2.75) is 53.4 Å². The molecule has 0 aliphatic rings. The zero-order valence-corrected chi connectivity index (χ0v) is 19.5. The van der Waals surface area contributed by atoms with Crippen molar-refractivity contribution in [1.29, 1.82) is 0 Å². The molecule has 0 radical (unpaired) electrons. The zero-order chi connectivity index (χ0) is 23.1. The molecule has 0 saturated carbocycles. The molecule has 0 unspecified atom stereocenters. The molecule has 3 aromatic rings. The van der Waals surface area contributed by atoms with Gasteiger partial charge in [0.05, 0.1) is 12.1 Å². The maximum Gasteiger partial charge on any atom is 0.227 e. The van der Waals surface area contributed by atoms with Gasteiger partial charge < -0.3 is 9.64 Å². The number of halogens is 1. The molecular formula is C25H33FN4O2. The lowest BCUT2D eigenvalue weighted by molar-refractivity contribution is -0.130. The van der Waals surface area contributed by atoms with Gasteiger partial charge >= 0.3 is 0 Å². The van der Waals surface area contributed by atoms with Crippen LogP contribution in [0.5, 0.6) is 5.75 Å². The van der Waals surface area contributed by atoms with Gasteiger partial charge in [-0.1, -0.05) is 13.3 Å². The van der Waals surface area contributed by atoms with Gasteiger partial charge in [0.15, 0.2) is 5.65 Å². The number of nitrogens with zero attached hydrogens (tertiary/aromatic N) is 4. The number of hydrogen-bond acceptors (Lipinski definition) is 4. The molecule has 2 heterocycles. The van der Waals surface area contributed by atoms with E-state index in [4.69, 9.17) is 14.8 Å². The van der Waals surface area contributed by atoms with E-state index in [1.54, 1.807) is 12.1 Å². The van der Waals surface area contributed by atoms with E-state index < -0.39 is 6.67 Å². The first-order valence-electron chi connectivity index (χ1n) is 11.5. The smallest absolute Gasteiger partial charge is 0.227 e. The second kappa shape index (κ2) is 11.1. The minimum Gasteiger partial charge on any atom is -0.491 e. The Balaban J connectivity index is 2.09. The summed E-state index contributed by atoms with van der Waals surface area (Å²) in [6.45, 7) is 8.98. The van der Waals surface area contributed by atoms with Gasteiger partial charge in [0.25, 0.3) is 0 Å². The van der Waals surface area contributed by atoms with Crippen LogP contribution >= 0.6 is 0 Å². The van der Waals surface area contributed by atoms with E-state index in [9.17, 15) is 9.18 Å². The highest BCUT2D eigenvalue weighted by Crippen LogP contribution is 2.29. The third-order valence-corrected chi connectivity index (χ3v) is 5.62. The fourth-order valence-electron chi connectivity index (χ4n) is 3.86. The minimum absolute atomic E-state index is 0.0288. The number of fused-ring (bicyclic) bond motifs is 1. The molecule has 0 N–H and O–H groups in total. The maximum absolute atomic E-state index is 13.0. The lowest BCUT2D eigenvalue weighted by Crippen LogP contribution is -2.31. The number of hydrogen-bond donors (Lipinski definition) is 0. The Bertz CT molecular complexity index is 1040. The van der Waals surface area contributed by atoms with Crippen LogP contribution < -0.4 is 4.74 Å². The second-order valence-electron chi connectivity index (χ2n) is 7.86. The molecular weight excluding hydrogens is 407 g/mol. The van der Waals surface area contributed by atoms with Crippen molar-refractivity contribution in [3.63, 3.8) is 0 Å². The summed E-state index contributed by atoms with van der Waals surface area (Å²) in [5.74, 6) is 0.666. The van der Waals surface area contributed by atoms with Gasteiger partial charge in [-0.2, -0.15) is 5.10 Å². The Morgan fingerprint density at radius 2 is 1.88 bits per heavy atom. The van der Waals surface area contributed by atoms with E-state index in [-0.39, 0.29) is 18.9 Å². The van der Waals surface area contributed by atoms with Crippen LogP contribution in [-0.4, -0.2) is 51.8 Å². The molecule has 6 nitrogen and oxygen atoms in total. The molecule has 0 aliphatic carbocycles. The minimum atomic E-state index is -0.531. The third-order valence-electron chi connectivity index (χ3n) is 5.62. The van der Waals surface area contributed by atoms with E-state index in [2.05, 4.69) is 13.0 Å². The molecule has 7 heteroatoms. The molecule has 0 atom stereocenters. The van der Waals surface area contributed by atoms with Crippen LogP contribution in [0.25, 0.3) is 16.9 Å². The van der Waals surface area contributed by atoms with Crippen LogP contribution in [0.15, 0.2) is 30.3 Å². The van der Waals surface area contributed by atoms with E-state index >= 15 is 0 Å². The second-order valence-corrected chi connectivity index (χ2v) is 7.86. The van der Waals surface area contributed by atoms with Crippen molar-refractivity contribution in [1.82, 2.24) is 19.5 Å². The predicted molar refractivity (Wildman–Crippen MR) is 125 cm³/mol. The standard InChI is InChI=1S/C25H33FN4O2/c1-5-8-9-20-16-18(4)30-25(27-20)22(17-23(31)29(6-2)7-3)24(28-30)19-10-12-21(13-11-19)32-15-14-26/h10-13,16H,5-9,14-15,17H2,1-4H3. The molecule has 1 amide bonds. The number of rotatable bonds is 11. The van der Waals surface area contributed by atoms with Gasteiger partial charge in [-0.05, 0) is 63.9 Å². The molecule has 2 aromatic heterocycles. The average molecular weight is 441 g/mol. The third kappa shape index (κ3) is 5.26. The summed E-state index contributed by atoms with van der Waals surface area (Å²) in [7, 11) is 0. The largest absolute Gasteiger partial charge is 0.491 e. The van der Waals surface area contributed by atoms with Gasteiger partial charge in [0.1, 0.15) is 19.0 Å². The highest BCUT2D eigenvalue weighted by Gasteiger charge is 2.22. The van der Waals surface area contributed by atoms with Crippen molar-refractivity contribution in [2.75, 3.05) is 26.4 Å². The molecule has 0 saturated heterocycles. The van der Waals surface area contributed by atoms with Crippen LogP contribution in [0.4, 0.5) is 4.39 Å². The fraction of sp³-hybridized carbons (Fsp3) is 0.480. The van der Waals surface area contributed by atoms with Gasteiger partial charge in [-0.15, -0.1) is 0 Å². The first-order valence-corrected chi connectivity index (χ1v) is 11.5. The number of aromatic nitrogens is 3. The van der Waals surface area contributed by atoms with Crippen molar-refractivity contribution >= 4 is 11.6 Å². The molecule has 0 aliphatic heterocycles. The lowest BCUT2D eigenvalue weighted by atomic mass is 10.0. The Morgan fingerprint density at radius 3 is 2.50 bits per heavy atom. The topological polar surface area (TPSA) is 59.7 Å². The number of carbonyl (C=O) groups excluding carboxylic acids is 1. The molecule has 0 fully saturated rings. The fourth-order valence-corrected chi connectivity index (χ4v) is 3.86. The molecule has 0 spiro atoms. The number of amides is 1. The van der Waals surface area contributed by atoms with E-state index in [0.717, 1.165) is 53.1 Å². The SMILES string of the molecule is CCCCc1cc(C)n2nc(-c3ccc(OCCF)cc3)c(CC(=O)N(CC)CC)c2n1. The predicted octanol–water partition coefficient (Wildman–Crippen LogP) is 4.81. The molecule has 32 heavy (non-hydrogen) atoms. The number of aryl methyl sites for hydroxylation is 2. The van der Waals surface area contributed by atoms with E-state index in [0.29, 0.717) is 18.8 Å². The van der Waals surface area contributed by atoms with Crippen molar-refractivity contribution in [3.05, 3.63) is 47.3 Å². The van der Waals surface area contributed by atoms with Crippen LogP contribution in [-0.2, 0) is 17.6 Å². The normalized spacial score (nSPS) is 11.2. The lowest BCUT2D eigenvalue weighted by Gasteiger charge is -2.18.